The number of carbonyl (C=O) groups excluding carboxylic acids is 3. The molecule has 0 N–H and O–H groups in total. The van der Waals surface area contributed by atoms with Crippen molar-refractivity contribution in [2.45, 2.75) is 25.7 Å². The third kappa shape index (κ3) is 4.82. The van der Waals surface area contributed by atoms with Gasteiger partial charge in [-0.15, -0.1) is 0 Å². The van der Waals surface area contributed by atoms with Crippen molar-refractivity contribution in [3.63, 3.8) is 0 Å². The largest absolute Gasteiger partial charge is 0.488 e. The van der Waals surface area contributed by atoms with E-state index in [0.29, 0.717) is 19.4 Å². The van der Waals surface area contributed by atoms with Crippen LogP contribution in [-0.4, -0.2) is 44.7 Å². The van der Waals surface area contributed by atoms with E-state index in [2.05, 4.69) is 0 Å². The Bertz CT molecular complexity index is 834. The number of benzene rings is 1. The molecule has 2 aliphatic rings. The molecule has 2 atom stereocenters. The number of esters is 1. The maximum atomic E-state index is 14.6. The zero-order chi connectivity index (χ0) is 21.7. The summed E-state index contributed by atoms with van der Waals surface area (Å²) in [5.74, 6) is -2.77. The Morgan fingerprint density at radius 1 is 1.20 bits per heavy atom. The van der Waals surface area contributed by atoms with Gasteiger partial charge in [0, 0.05) is 19.3 Å². The Morgan fingerprint density at radius 3 is 2.50 bits per heavy atom. The third-order valence-corrected chi connectivity index (χ3v) is 5.50. The summed E-state index contributed by atoms with van der Waals surface area (Å²) in [6.45, 7) is 0.380. The van der Waals surface area contributed by atoms with Crippen molar-refractivity contribution in [3.05, 3.63) is 35.1 Å². The number of hydrogen-bond donors (Lipinski definition) is 0. The van der Waals surface area contributed by atoms with Crippen molar-refractivity contribution in [1.29, 1.82) is 0 Å². The Labute approximate surface area is 178 Å². The maximum absolute atomic E-state index is 14.6. The highest BCUT2D eigenvalue weighted by molar-refractivity contribution is 6.32. The van der Waals surface area contributed by atoms with Crippen molar-refractivity contribution in [2.75, 3.05) is 31.8 Å². The lowest BCUT2D eigenvalue weighted by Crippen LogP contribution is -2.31. The van der Waals surface area contributed by atoms with E-state index in [1.807, 2.05) is 0 Å². The van der Waals surface area contributed by atoms with Crippen LogP contribution in [0.25, 0.3) is 0 Å². The Hall–Kier alpha value is -2.45. The normalized spacial score (nSPS) is 21.2. The molecule has 0 bridgehead atoms. The number of rotatable bonds is 8. The molecule has 9 heteroatoms. The topological polar surface area (TPSA) is 82.1 Å². The van der Waals surface area contributed by atoms with Gasteiger partial charge >= 0.3 is 5.97 Å². The van der Waals surface area contributed by atoms with Crippen molar-refractivity contribution < 1.29 is 33.0 Å². The molecule has 162 valence electrons. The highest BCUT2D eigenvalue weighted by Crippen LogP contribution is 2.42. The summed E-state index contributed by atoms with van der Waals surface area (Å²) in [5.41, 5.74) is -0.165. The molecule has 1 saturated carbocycles. The molecule has 30 heavy (non-hydrogen) atoms. The molecule has 7 nitrogen and oxygen atoms in total. The fourth-order valence-corrected chi connectivity index (χ4v) is 3.96. The molecule has 1 aromatic carbocycles. The van der Waals surface area contributed by atoms with Crippen LogP contribution in [0.1, 0.15) is 25.7 Å². The molecule has 1 heterocycles. The van der Waals surface area contributed by atoms with E-state index in [1.54, 1.807) is 0 Å². The summed E-state index contributed by atoms with van der Waals surface area (Å²) < 4.78 is 29.7. The smallest absolute Gasteiger partial charge is 0.330 e. The van der Waals surface area contributed by atoms with Crippen LogP contribution in [-0.2, 0) is 23.9 Å². The van der Waals surface area contributed by atoms with Gasteiger partial charge in [-0.2, -0.15) is 0 Å². The van der Waals surface area contributed by atoms with Gasteiger partial charge in [0.25, 0.3) is 0 Å². The lowest BCUT2D eigenvalue weighted by Gasteiger charge is -2.19. The molecular weight excluding hydrogens is 417 g/mol. The van der Waals surface area contributed by atoms with E-state index in [9.17, 15) is 18.8 Å². The Balaban J connectivity index is 1.69. The number of imide groups is 1. The number of halogens is 2. The molecular formula is C21H23ClFNO6. The van der Waals surface area contributed by atoms with Gasteiger partial charge in [0.15, 0.2) is 0 Å². The molecule has 1 saturated heterocycles. The van der Waals surface area contributed by atoms with Crippen LogP contribution >= 0.6 is 11.6 Å². The van der Waals surface area contributed by atoms with Gasteiger partial charge in [-0.1, -0.05) is 24.4 Å². The molecule has 0 radical (unpaired) electrons. The molecule has 2 amide bonds. The number of carbonyl (C=O) groups is 3. The van der Waals surface area contributed by atoms with Gasteiger partial charge in [-0.25, -0.2) is 14.1 Å². The number of fused-ring (bicyclic) bond motifs is 1. The highest BCUT2D eigenvalue weighted by atomic mass is 35.5. The number of hydrogen-bond acceptors (Lipinski definition) is 6. The van der Waals surface area contributed by atoms with E-state index in [4.69, 9.17) is 25.8 Å². The molecule has 0 aromatic heterocycles. The number of anilines is 1. The molecule has 0 spiro atoms. The van der Waals surface area contributed by atoms with Crippen LogP contribution in [0.2, 0.25) is 5.02 Å². The van der Waals surface area contributed by atoms with Crippen LogP contribution in [0.15, 0.2) is 24.3 Å². The summed E-state index contributed by atoms with van der Waals surface area (Å²) in [6, 6.07) is 2.26. The van der Waals surface area contributed by atoms with Crippen LogP contribution < -0.4 is 9.64 Å². The third-order valence-electron chi connectivity index (χ3n) is 5.20. The fourth-order valence-electron chi connectivity index (χ4n) is 3.76. The van der Waals surface area contributed by atoms with Crippen molar-refractivity contribution >= 4 is 35.1 Å². The lowest BCUT2D eigenvalue weighted by atomic mass is 9.81. The minimum Gasteiger partial charge on any atom is -0.488 e. The van der Waals surface area contributed by atoms with Gasteiger partial charge < -0.3 is 14.2 Å². The lowest BCUT2D eigenvalue weighted by molar-refractivity contribution is -0.139. The second-order valence-electron chi connectivity index (χ2n) is 7.12. The number of ether oxygens (including phenoxy) is 3. The summed E-state index contributed by atoms with van der Waals surface area (Å²) in [6.07, 6.45) is 5.63. The van der Waals surface area contributed by atoms with Gasteiger partial charge in [0.2, 0.25) is 11.8 Å². The average Bonchev–Trinajstić information content (AvgIpc) is 2.98. The van der Waals surface area contributed by atoms with Crippen LogP contribution in [0.5, 0.6) is 5.75 Å². The predicted octanol–water partition coefficient (Wildman–Crippen LogP) is 3.28. The zero-order valence-corrected chi connectivity index (χ0v) is 17.3. The predicted molar refractivity (Wildman–Crippen MR) is 107 cm³/mol. The van der Waals surface area contributed by atoms with Gasteiger partial charge in [-0.05, 0) is 25.0 Å². The molecule has 2 fully saturated rings. The first kappa shape index (κ1) is 22.2. The number of amides is 2. The minimum absolute atomic E-state index is 0.0103. The van der Waals surface area contributed by atoms with E-state index in [1.165, 1.54) is 25.3 Å². The first-order chi connectivity index (χ1) is 14.4. The second kappa shape index (κ2) is 10.0. The van der Waals surface area contributed by atoms with E-state index in [-0.39, 0.29) is 41.5 Å². The number of methoxy groups -OCH3 is 1. The van der Waals surface area contributed by atoms with Crippen molar-refractivity contribution in [1.82, 2.24) is 0 Å². The molecule has 1 aliphatic heterocycles. The molecule has 1 aliphatic carbocycles. The highest BCUT2D eigenvalue weighted by Gasteiger charge is 2.49. The average molecular weight is 440 g/mol. The van der Waals surface area contributed by atoms with Crippen LogP contribution in [0.4, 0.5) is 10.1 Å². The quantitative estimate of drug-likeness (QED) is 0.267. The van der Waals surface area contributed by atoms with Crippen molar-refractivity contribution in [3.8, 4) is 5.75 Å². The Kier molecular flexibility index (Phi) is 7.44. The maximum Gasteiger partial charge on any atom is 0.330 e. The Morgan fingerprint density at radius 2 is 1.87 bits per heavy atom. The fraction of sp³-hybridized carbons (Fsp3) is 0.476. The van der Waals surface area contributed by atoms with Gasteiger partial charge in [0.05, 0.1) is 29.2 Å². The minimum atomic E-state index is -0.773. The summed E-state index contributed by atoms with van der Waals surface area (Å²) in [5, 5.41) is -0.0103. The standard InChI is InChI=1S/C21H23ClFNO6/c1-28-9-10-30-19(25)7-4-8-29-18-12-17(16(23)11-15(18)22)24-20(26)13-5-2-3-6-14(13)21(24)27/h4,7,11-14H,2-3,5-6,8-10H2,1H3/b7-4+. The summed E-state index contributed by atoms with van der Waals surface area (Å²) >= 11 is 6.05. The van der Waals surface area contributed by atoms with E-state index in [0.717, 1.165) is 23.8 Å². The monoisotopic (exact) mass is 439 g/mol. The SMILES string of the molecule is COCCOC(=O)/C=C/COc1cc(N2C(=O)C3CCCCC3C2=O)c(F)cc1Cl. The first-order valence-electron chi connectivity index (χ1n) is 9.76. The van der Waals surface area contributed by atoms with E-state index < -0.39 is 23.6 Å². The summed E-state index contributed by atoms with van der Waals surface area (Å²) in [7, 11) is 1.50. The molecule has 3 rings (SSSR count). The van der Waals surface area contributed by atoms with Crippen LogP contribution in [0.3, 0.4) is 0 Å². The van der Waals surface area contributed by atoms with Crippen LogP contribution in [0, 0.1) is 17.7 Å². The van der Waals surface area contributed by atoms with Gasteiger partial charge in [0.1, 0.15) is 24.8 Å². The summed E-state index contributed by atoms with van der Waals surface area (Å²) in [4.78, 5) is 37.9. The second-order valence-corrected chi connectivity index (χ2v) is 7.52. The van der Waals surface area contributed by atoms with Gasteiger partial charge in [-0.3, -0.25) is 9.59 Å². The zero-order valence-electron chi connectivity index (χ0n) is 16.6. The van der Waals surface area contributed by atoms with Crippen molar-refractivity contribution in [2.24, 2.45) is 11.8 Å². The van der Waals surface area contributed by atoms with E-state index >= 15 is 0 Å². The number of nitrogens with zero attached hydrogens (tertiary/aromatic N) is 1. The molecule has 1 aromatic rings. The first-order valence-corrected chi connectivity index (χ1v) is 10.1. The molecule has 2 unspecified atom stereocenters.